The molecule has 0 saturated heterocycles. The number of hydrogen-bond acceptors (Lipinski definition) is 5. The van der Waals surface area contributed by atoms with Crippen molar-refractivity contribution in [3.8, 4) is 0 Å². The average molecular weight is 324 g/mol. The van der Waals surface area contributed by atoms with Crippen molar-refractivity contribution >= 4 is 33.8 Å². The molecule has 0 aliphatic heterocycles. The molecule has 6 nitrogen and oxygen atoms in total. The number of ketones is 1. The van der Waals surface area contributed by atoms with E-state index in [4.69, 9.17) is 4.74 Å². The second kappa shape index (κ2) is 7.35. The minimum Gasteiger partial charge on any atom is -0.467 e. The third-order valence-corrected chi connectivity index (χ3v) is 2.38. The summed E-state index contributed by atoms with van der Waals surface area (Å²) in [6.07, 6.45) is -0.905. The number of methoxy groups -OCH3 is 1. The van der Waals surface area contributed by atoms with Crippen LogP contribution in [-0.4, -0.2) is 41.9 Å². The van der Waals surface area contributed by atoms with Crippen LogP contribution in [0, 0.1) is 0 Å². The number of carbonyl (C=O) groups excluding carboxylic acids is 3. The molecule has 0 aromatic heterocycles. The van der Waals surface area contributed by atoms with Crippen molar-refractivity contribution in [3.05, 3.63) is 0 Å². The molecule has 7 heteroatoms. The lowest BCUT2D eigenvalue weighted by Crippen LogP contribution is -2.45. The molecule has 0 bridgehead atoms. The van der Waals surface area contributed by atoms with Crippen LogP contribution in [0.3, 0.4) is 0 Å². The summed E-state index contributed by atoms with van der Waals surface area (Å²) in [6, 6.07) is -1.03. The first-order chi connectivity index (χ1) is 8.19. The number of carbonyl (C=O) groups is 3. The first-order valence-electron chi connectivity index (χ1n) is 5.34. The van der Waals surface area contributed by atoms with Gasteiger partial charge in [0.2, 0.25) is 0 Å². The second-order valence-corrected chi connectivity index (χ2v) is 5.16. The van der Waals surface area contributed by atoms with Gasteiger partial charge in [-0.05, 0) is 20.8 Å². The zero-order valence-corrected chi connectivity index (χ0v) is 12.5. The van der Waals surface area contributed by atoms with Crippen molar-refractivity contribution in [1.29, 1.82) is 0 Å². The Bertz CT molecular complexity index is 324. The maximum Gasteiger partial charge on any atom is 0.408 e. The monoisotopic (exact) mass is 323 g/mol. The topological polar surface area (TPSA) is 81.7 Å². The number of hydrogen-bond donors (Lipinski definition) is 1. The Morgan fingerprint density at radius 1 is 1.28 bits per heavy atom. The highest BCUT2D eigenvalue weighted by molar-refractivity contribution is 9.09. The van der Waals surface area contributed by atoms with Gasteiger partial charge in [-0.3, -0.25) is 4.79 Å². The number of halogens is 1. The van der Waals surface area contributed by atoms with E-state index < -0.39 is 23.7 Å². The molecule has 0 radical (unpaired) electrons. The van der Waals surface area contributed by atoms with Crippen LogP contribution in [0.15, 0.2) is 0 Å². The molecule has 0 spiro atoms. The fraction of sp³-hybridized carbons (Fsp3) is 0.727. The quantitative estimate of drug-likeness (QED) is 0.611. The lowest BCUT2D eigenvalue weighted by Gasteiger charge is -2.22. The van der Waals surface area contributed by atoms with Crippen LogP contribution < -0.4 is 5.32 Å². The van der Waals surface area contributed by atoms with Gasteiger partial charge in [-0.15, -0.1) is 0 Å². The van der Waals surface area contributed by atoms with Crippen LogP contribution in [0.5, 0.6) is 0 Å². The molecular formula is C11H18BrNO5. The van der Waals surface area contributed by atoms with Gasteiger partial charge in [0.25, 0.3) is 0 Å². The van der Waals surface area contributed by atoms with E-state index in [1.165, 1.54) is 7.11 Å². The summed E-state index contributed by atoms with van der Waals surface area (Å²) >= 11 is 2.98. The first kappa shape index (κ1) is 16.9. The molecule has 1 atom stereocenters. The van der Waals surface area contributed by atoms with E-state index >= 15 is 0 Å². The number of rotatable bonds is 5. The van der Waals surface area contributed by atoms with Crippen LogP contribution in [0.25, 0.3) is 0 Å². The molecule has 104 valence electrons. The normalized spacial score (nSPS) is 12.5. The van der Waals surface area contributed by atoms with Gasteiger partial charge in [0, 0.05) is 6.42 Å². The third-order valence-electron chi connectivity index (χ3n) is 1.76. The summed E-state index contributed by atoms with van der Waals surface area (Å²) in [5, 5.41) is 2.42. The van der Waals surface area contributed by atoms with E-state index in [0.29, 0.717) is 0 Å². The Morgan fingerprint density at radius 2 is 1.83 bits per heavy atom. The fourth-order valence-electron chi connectivity index (χ4n) is 1.07. The number of alkyl carbamates (subject to hydrolysis) is 1. The van der Waals surface area contributed by atoms with Crippen molar-refractivity contribution in [2.75, 3.05) is 12.4 Å². The number of amides is 1. The summed E-state index contributed by atoms with van der Waals surface area (Å²) in [4.78, 5) is 34.2. The van der Waals surface area contributed by atoms with Crippen molar-refractivity contribution in [3.63, 3.8) is 0 Å². The van der Waals surface area contributed by atoms with Crippen LogP contribution in [0.2, 0.25) is 0 Å². The zero-order valence-electron chi connectivity index (χ0n) is 10.9. The largest absolute Gasteiger partial charge is 0.467 e. The summed E-state index contributed by atoms with van der Waals surface area (Å²) in [7, 11) is 1.19. The highest BCUT2D eigenvalue weighted by Gasteiger charge is 2.26. The van der Waals surface area contributed by atoms with Gasteiger partial charge in [-0.2, -0.15) is 0 Å². The molecule has 1 N–H and O–H groups in total. The van der Waals surface area contributed by atoms with E-state index in [1.54, 1.807) is 20.8 Å². The molecule has 0 heterocycles. The molecule has 0 saturated carbocycles. The lowest BCUT2D eigenvalue weighted by atomic mass is 10.1. The first-order valence-corrected chi connectivity index (χ1v) is 6.46. The highest BCUT2D eigenvalue weighted by Crippen LogP contribution is 2.08. The Morgan fingerprint density at radius 3 is 2.22 bits per heavy atom. The van der Waals surface area contributed by atoms with E-state index in [1.807, 2.05) is 0 Å². The summed E-state index contributed by atoms with van der Waals surface area (Å²) < 4.78 is 9.51. The van der Waals surface area contributed by atoms with Crippen molar-refractivity contribution < 1.29 is 23.9 Å². The zero-order chi connectivity index (χ0) is 14.3. The molecule has 0 fully saturated rings. The van der Waals surface area contributed by atoms with E-state index in [2.05, 4.69) is 26.0 Å². The van der Waals surface area contributed by atoms with Crippen molar-refractivity contribution in [1.82, 2.24) is 5.32 Å². The molecule has 18 heavy (non-hydrogen) atoms. The van der Waals surface area contributed by atoms with Crippen LogP contribution in [0.1, 0.15) is 27.2 Å². The van der Waals surface area contributed by atoms with Gasteiger partial charge in [0.15, 0.2) is 0 Å². The van der Waals surface area contributed by atoms with Crippen LogP contribution in [-0.2, 0) is 19.1 Å². The maximum atomic E-state index is 11.5. The van der Waals surface area contributed by atoms with Crippen molar-refractivity contribution in [2.24, 2.45) is 0 Å². The Labute approximate surface area is 115 Å². The smallest absolute Gasteiger partial charge is 0.408 e. The maximum absolute atomic E-state index is 11.5. The molecule has 0 aliphatic rings. The van der Waals surface area contributed by atoms with Gasteiger partial charge in [-0.1, -0.05) is 15.9 Å². The van der Waals surface area contributed by atoms with Crippen LogP contribution in [0.4, 0.5) is 4.79 Å². The molecular weight excluding hydrogens is 306 g/mol. The molecule has 1 amide bonds. The Kier molecular flexibility index (Phi) is 6.90. The summed E-state index contributed by atoms with van der Waals surface area (Å²) in [6.45, 7) is 5.09. The number of ether oxygens (including phenoxy) is 2. The molecule has 0 aliphatic carbocycles. The van der Waals surface area contributed by atoms with Crippen LogP contribution >= 0.6 is 15.9 Å². The third kappa shape index (κ3) is 7.26. The van der Waals surface area contributed by atoms with E-state index in [9.17, 15) is 14.4 Å². The van der Waals surface area contributed by atoms with Gasteiger partial charge in [0.1, 0.15) is 17.4 Å². The summed E-state index contributed by atoms with van der Waals surface area (Å²) in [5.41, 5.74) is -0.676. The van der Waals surface area contributed by atoms with E-state index in [0.717, 1.165) is 0 Å². The number of Topliss-reactive ketones (excluding diaryl/α,β-unsaturated/α-hetero) is 1. The SMILES string of the molecule is COC(=O)[C@@H](CC(=O)CBr)NC(=O)OC(C)(C)C. The van der Waals surface area contributed by atoms with Crippen molar-refractivity contribution in [2.45, 2.75) is 38.8 Å². The lowest BCUT2D eigenvalue weighted by molar-refractivity contribution is -0.144. The predicted molar refractivity (Wildman–Crippen MR) is 68.6 cm³/mol. The number of nitrogens with one attached hydrogen (secondary N) is 1. The molecule has 0 unspecified atom stereocenters. The molecule has 0 aromatic carbocycles. The number of alkyl halides is 1. The predicted octanol–water partition coefficient (Wildman–Crippen LogP) is 1.41. The van der Waals surface area contributed by atoms with Gasteiger partial charge in [-0.25, -0.2) is 9.59 Å². The minimum atomic E-state index is -1.03. The summed E-state index contributed by atoms with van der Waals surface area (Å²) in [5.74, 6) is -0.906. The second-order valence-electron chi connectivity index (χ2n) is 4.60. The fourth-order valence-corrected chi connectivity index (χ4v) is 1.30. The Balaban J connectivity index is 4.55. The van der Waals surface area contributed by atoms with E-state index in [-0.39, 0.29) is 17.5 Å². The van der Waals surface area contributed by atoms with Gasteiger partial charge in [0.05, 0.1) is 12.4 Å². The Hall–Kier alpha value is -1.11. The number of esters is 1. The van der Waals surface area contributed by atoms with Gasteiger partial charge >= 0.3 is 12.1 Å². The average Bonchev–Trinajstić information content (AvgIpc) is 2.24. The molecule has 0 rings (SSSR count). The minimum absolute atomic E-state index is 0.108. The van der Waals surface area contributed by atoms with Gasteiger partial charge < -0.3 is 14.8 Å². The molecule has 0 aromatic rings. The standard InChI is InChI=1S/C11H18BrNO5/c1-11(2,3)18-10(16)13-8(9(15)17-4)5-7(14)6-12/h8H,5-6H2,1-4H3,(H,13,16)/t8-/m1/s1. The highest BCUT2D eigenvalue weighted by atomic mass is 79.9.